The number of nitrogens with one attached hydrogen (secondary N) is 1. The molecule has 0 atom stereocenters. The molecule has 1 saturated carbocycles. The van der Waals surface area contributed by atoms with Crippen LogP contribution in [-0.4, -0.2) is 41.9 Å². The molecule has 0 bridgehead atoms. The van der Waals surface area contributed by atoms with Gasteiger partial charge in [-0.05, 0) is 49.8 Å². The number of sulfone groups is 1. The second kappa shape index (κ2) is 9.36. The van der Waals surface area contributed by atoms with Gasteiger partial charge in [0, 0.05) is 23.7 Å². The first-order chi connectivity index (χ1) is 14.1. The quantitative estimate of drug-likeness (QED) is 0.615. The molecule has 0 unspecified atom stereocenters. The number of imidazole rings is 1. The third-order valence-electron chi connectivity index (χ3n) is 5.52. The van der Waals surface area contributed by atoms with Crippen LogP contribution in [-0.2, 0) is 16.3 Å². The summed E-state index contributed by atoms with van der Waals surface area (Å²) >= 11 is 9.66. The molecule has 10 heteroatoms. The molecule has 164 valence electrons. The summed E-state index contributed by atoms with van der Waals surface area (Å²) in [6.45, 7) is 2.28. The van der Waals surface area contributed by atoms with E-state index in [-0.39, 0.29) is 27.7 Å². The van der Waals surface area contributed by atoms with Crippen molar-refractivity contribution in [2.45, 2.75) is 44.3 Å². The van der Waals surface area contributed by atoms with Gasteiger partial charge in [-0.25, -0.2) is 17.8 Å². The van der Waals surface area contributed by atoms with Gasteiger partial charge < -0.3 is 5.32 Å². The molecule has 2 aromatic rings. The van der Waals surface area contributed by atoms with E-state index in [1.54, 1.807) is 12.1 Å². The molecule has 1 aromatic carbocycles. The van der Waals surface area contributed by atoms with Crippen molar-refractivity contribution in [1.29, 1.82) is 0 Å². The van der Waals surface area contributed by atoms with E-state index in [0.29, 0.717) is 36.1 Å². The lowest BCUT2D eigenvalue weighted by atomic mass is 9.89. The van der Waals surface area contributed by atoms with Crippen molar-refractivity contribution in [2.24, 2.45) is 5.92 Å². The normalized spacial score (nSPS) is 19.6. The number of rotatable bonds is 6. The van der Waals surface area contributed by atoms with Crippen LogP contribution in [0.4, 0.5) is 4.39 Å². The standard InChI is InChI=1S/C20H24BrClFN3O3S/c1-3-17-25-18(19(22)26(17)16-9-6-13(21)10-15(16)23)20(27)24-11-12-4-7-14(8-5-12)30(2,28)29/h6,9-10,12,14H,3-5,7-8,11H2,1-2H3,(H,24,27)/t12-,14+. The molecule has 0 saturated heterocycles. The van der Waals surface area contributed by atoms with Gasteiger partial charge in [-0.1, -0.05) is 34.5 Å². The van der Waals surface area contributed by atoms with Gasteiger partial charge in [-0.3, -0.25) is 9.36 Å². The van der Waals surface area contributed by atoms with Crippen LogP contribution < -0.4 is 5.32 Å². The second-order valence-corrected chi connectivity index (χ2v) is 11.2. The predicted molar refractivity (Wildman–Crippen MR) is 119 cm³/mol. The number of carbonyl (C=O) groups is 1. The Morgan fingerprint density at radius 2 is 2.00 bits per heavy atom. The van der Waals surface area contributed by atoms with Crippen molar-refractivity contribution in [3.05, 3.63) is 45.2 Å². The molecule has 1 aliphatic rings. The highest BCUT2D eigenvalue weighted by molar-refractivity contribution is 9.10. The lowest BCUT2D eigenvalue weighted by Gasteiger charge is -2.27. The molecule has 3 rings (SSSR count). The number of carbonyl (C=O) groups excluding carboxylic acids is 1. The average Bonchev–Trinajstić information content (AvgIpc) is 3.02. The summed E-state index contributed by atoms with van der Waals surface area (Å²) in [5.74, 6) is -0.202. The van der Waals surface area contributed by atoms with Crippen molar-refractivity contribution in [3.63, 3.8) is 0 Å². The first-order valence-corrected chi connectivity index (χ1v) is 12.9. The lowest BCUT2D eigenvalue weighted by Crippen LogP contribution is -2.34. The highest BCUT2D eigenvalue weighted by Gasteiger charge is 2.29. The second-order valence-electron chi connectivity index (χ2n) is 7.63. The topological polar surface area (TPSA) is 81.1 Å². The van der Waals surface area contributed by atoms with Crippen molar-refractivity contribution in [2.75, 3.05) is 12.8 Å². The van der Waals surface area contributed by atoms with Gasteiger partial charge in [0.15, 0.2) is 5.69 Å². The third kappa shape index (κ3) is 5.06. The molecule has 0 radical (unpaired) electrons. The fraction of sp³-hybridized carbons (Fsp3) is 0.500. The Balaban J connectivity index is 1.72. The smallest absolute Gasteiger partial charge is 0.273 e. The third-order valence-corrected chi connectivity index (χ3v) is 8.05. The number of amides is 1. The zero-order chi connectivity index (χ0) is 22.1. The van der Waals surface area contributed by atoms with E-state index in [4.69, 9.17) is 11.6 Å². The Hall–Kier alpha value is -1.45. The van der Waals surface area contributed by atoms with Crippen LogP contribution in [0, 0.1) is 11.7 Å². The van der Waals surface area contributed by atoms with Gasteiger partial charge in [0.2, 0.25) is 0 Å². The zero-order valence-corrected chi connectivity index (χ0v) is 19.9. The molecule has 30 heavy (non-hydrogen) atoms. The van der Waals surface area contributed by atoms with E-state index in [9.17, 15) is 17.6 Å². The molecule has 0 spiro atoms. The van der Waals surface area contributed by atoms with Crippen LogP contribution >= 0.6 is 27.5 Å². The number of halogens is 3. The van der Waals surface area contributed by atoms with E-state index in [0.717, 1.165) is 12.8 Å². The Morgan fingerprint density at radius 1 is 1.33 bits per heavy atom. The van der Waals surface area contributed by atoms with E-state index < -0.39 is 21.6 Å². The summed E-state index contributed by atoms with van der Waals surface area (Å²) in [6, 6.07) is 4.60. The molecule has 1 N–H and O–H groups in total. The summed E-state index contributed by atoms with van der Waals surface area (Å²) < 4.78 is 39.9. The summed E-state index contributed by atoms with van der Waals surface area (Å²) in [4.78, 5) is 17.1. The number of nitrogens with zero attached hydrogens (tertiary/aromatic N) is 2. The highest BCUT2D eigenvalue weighted by Crippen LogP contribution is 2.29. The van der Waals surface area contributed by atoms with Crippen molar-refractivity contribution < 1.29 is 17.6 Å². The van der Waals surface area contributed by atoms with Crippen molar-refractivity contribution in [3.8, 4) is 5.69 Å². The first kappa shape index (κ1) is 23.2. The first-order valence-electron chi connectivity index (χ1n) is 9.81. The Kier molecular flexibility index (Phi) is 7.24. The van der Waals surface area contributed by atoms with Gasteiger partial charge in [0.25, 0.3) is 5.91 Å². The van der Waals surface area contributed by atoms with Gasteiger partial charge in [0.05, 0.1) is 10.9 Å². The van der Waals surface area contributed by atoms with E-state index >= 15 is 0 Å². The maximum atomic E-state index is 14.5. The van der Waals surface area contributed by atoms with Gasteiger partial charge in [-0.2, -0.15) is 0 Å². The average molecular weight is 521 g/mol. The number of hydrogen-bond acceptors (Lipinski definition) is 4. The lowest BCUT2D eigenvalue weighted by molar-refractivity contribution is 0.0939. The minimum Gasteiger partial charge on any atom is -0.350 e. The van der Waals surface area contributed by atoms with Gasteiger partial charge in [-0.15, -0.1) is 0 Å². The molecule has 1 aromatic heterocycles. The van der Waals surface area contributed by atoms with Crippen LogP contribution in [0.1, 0.15) is 48.9 Å². The number of aryl methyl sites for hydroxylation is 1. The Labute approximate surface area is 189 Å². The minimum atomic E-state index is -3.02. The zero-order valence-electron chi connectivity index (χ0n) is 16.8. The highest BCUT2D eigenvalue weighted by atomic mass is 79.9. The maximum absolute atomic E-state index is 14.5. The number of aromatic nitrogens is 2. The molecule has 0 aliphatic heterocycles. The van der Waals surface area contributed by atoms with Crippen LogP contribution in [0.2, 0.25) is 5.15 Å². The van der Waals surface area contributed by atoms with Crippen LogP contribution in [0.3, 0.4) is 0 Å². The van der Waals surface area contributed by atoms with Crippen LogP contribution in [0.25, 0.3) is 5.69 Å². The summed E-state index contributed by atoms with van der Waals surface area (Å²) in [6.07, 6.45) is 4.44. The monoisotopic (exact) mass is 519 g/mol. The molecule has 1 fully saturated rings. The Morgan fingerprint density at radius 3 is 2.57 bits per heavy atom. The molecular formula is C20H24BrClFN3O3S. The van der Waals surface area contributed by atoms with E-state index in [1.165, 1.54) is 16.9 Å². The number of benzene rings is 1. The molecule has 6 nitrogen and oxygen atoms in total. The SMILES string of the molecule is CCc1nc(C(=O)NC[C@H]2CC[C@@H](S(C)(=O)=O)CC2)c(Cl)n1-c1ccc(Br)cc1F. The number of hydrogen-bond donors (Lipinski definition) is 1. The van der Waals surface area contributed by atoms with Crippen LogP contribution in [0.15, 0.2) is 22.7 Å². The van der Waals surface area contributed by atoms with Crippen LogP contribution in [0.5, 0.6) is 0 Å². The summed E-state index contributed by atoms with van der Waals surface area (Å²) in [5.41, 5.74) is 0.284. The minimum absolute atomic E-state index is 0.0562. The molecule has 1 amide bonds. The molecule has 1 aliphatic carbocycles. The summed E-state index contributed by atoms with van der Waals surface area (Å²) in [5, 5.41) is 2.63. The fourth-order valence-corrected chi connectivity index (χ4v) is 5.60. The molecular weight excluding hydrogens is 497 g/mol. The largest absolute Gasteiger partial charge is 0.350 e. The predicted octanol–water partition coefficient (Wildman–Crippen LogP) is 4.32. The van der Waals surface area contributed by atoms with Crippen molar-refractivity contribution >= 4 is 43.3 Å². The van der Waals surface area contributed by atoms with E-state index in [1.807, 2.05) is 6.92 Å². The fourth-order valence-electron chi connectivity index (χ4n) is 3.82. The molecule has 1 heterocycles. The van der Waals surface area contributed by atoms with Crippen molar-refractivity contribution in [1.82, 2.24) is 14.9 Å². The maximum Gasteiger partial charge on any atom is 0.273 e. The van der Waals surface area contributed by atoms with Gasteiger partial charge in [0.1, 0.15) is 26.6 Å². The van der Waals surface area contributed by atoms with Gasteiger partial charge >= 0.3 is 0 Å². The Bertz CT molecular complexity index is 1050. The summed E-state index contributed by atoms with van der Waals surface area (Å²) in [7, 11) is -3.02. The van der Waals surface area contributed by atoms with E-state index in [2.05, 4.69) is 26.2 Å².